The predicted octanol–water partition coefficient (Wildman–Crippen LogP) is 2.19. The normalized spacial score (nSPS) is 13.9. The summed E-state index contributed by atoms with van der Waals surface area (Å²) in [5.41, 5.74) is 4.20. The zero-order valence-corrected chi connectivity index (χ0v) is 22.4. The van der Waals surface area contributed by atoms with Crippen molar-refractivity contribution in [1.82, 2.24) is 35.1 Å². The fraction of sp³-hybridized carbons (Fsp3) is 0.458. The molecule has 0 saturated carbocycles. The maximum Gasteiger partial charge on any atom is 0.233 e. The van der Waals surface area contributed by atoms with Gasteiger partial charge in [-0.15, -0.1) is 29.9 Å². The van der Waals surface area contributed by atoms with E-state index < -0.39 is 0 Å². The number of hydrogen-bond acceptors (Lipinski definition) is 8. The molecule has 36 heavy (non-hydrogen) atoms. The summed E-state index contributed by atoms with van der Waals surface area (Å²) in [6, 6.07) is 9.97. The first kappa shape index (κ1) is 29.3. The fourth-order valence-electron chi connectivity index (χ4n) is 4.15. The monoisotopic (exact) mass is 534 g/mol. The van der Waals surface area contributed by atoms with E-state index in [4.69, 9.17) is 4.74 Å². The van der Waals surface area contributed by atoms with Gasteiger partial charge in [-0.3, -0.25) is 9.69 Å². The highest BCUT2D eigenvalue weighted by Crippen LogP contribution is 2.28. The molecule has 0 atom stereocenters. The second-order valence-corrected chi connectivity index (χ2v) is 8.52. The number of carbonyl (C=O) groups excluding carboxylic acids is 1. The highest BCUT2D eigenvalue weighted by Gasteiger charge is 2.18. The summed E-state index contributed by atoms with van der Waals surface area (Å²) < 4.78 is 7.69. The van der Waals surface area contributed by atoms with E-state index in [1.54, 1.807) is 18.8 Å². The van der Waals surface area contributed by atoms with Gasteiger partial charge >= 0.3 is 0 Å². The largest absolute Gasteiger partial charge is 0.493 e. The highest BCUT2D eigenvalue weighted by molar-refractivity contribution is 5.86. The molecule has 1 fully saturated rings. The van der Waals surface area contributed by atoms with Gasteiger partial charge < -0.3 is 15.0 Å². The first-order valence-corrected chi connectivity index (χ1v) is 11.5. The number of aromatic nitrogens is 4. The van der Waals surface area contributed by atoms with Crippen LogP contribution in [0, 0.1) is 18.3 Å². The molecular formula is C24H32Cl2N8O2. The molecule has 194 valence electrons. The number of benzene rings is 1. The molecule has 0 bridgehead atoms. The van der Waals surface area contributed by atoms with Crippen LogP contribution in [0.1, 0.15) is 17.7 Å². The van der Waals surface area contributed by atoms with Crippen molar-refractivity contribution < 1.29 is 9.53 Å². The number of hydrogen-bond donors (Lipinski definition) is 1. The van der Waals surface area contributed by atoms with Gasteiger partial charge in [-0.1, -0.05) is 5.21 Å². The van der Waals surface area contributed by atoms with Crippen LogP contribution in [0.25, 0.3) is 22.3 Å². The molecular weight excluding hydrogens is 503 g/mol. The minimum absolute atomic E-state index is 0. The number of likely N-dealkylation sites (N-methyl/N-ethyl adjacent to an activating group) is 1. The van der Waals surface area contributed by atoms with Crippen molar-refractivity contribution in [2.45, 2.75) is 13.3 Å². The Hall–Kier alpha value is -2.97. The Morgan fingerprint density at radius 1 is 1.17 bits per heavy atom. The number of rotatable bonds is 8. The lowest BCUT2D eigenvalue weighted by Gasteiger charge is -2.34. The third-order valence-electron chi connectivity index (χ3n) is 6.16. The molecule has 0 unspecified atom stereocenters. The molecule has 0 spiro atoms. The molecule has 3 heterocycles. The molecule has 3 aromatic rings. The summed E-state index contributed by atoms with van der Waals surface area (Å²) in [5, 5.41) is 20.2. The molecule has 0 aliphatic carbocycles. The van der Waals surface area contributed by atoms with Crippen molar-refractivity contribution in [3.05, 3.63) is 35.5 Å². The second kappa shape index (κ2) is 13.4. The summed E-state index contributed by atoms with van der Waals surface area (Å²) in [6.45, 7) is 7.88. The van der Waals surface area contributed by atoms with E-state index in [0.717, 1.165) is 61.5 Å². The van der Waals surface area contributed by atoms with Crippen LogP contribution in [0.3, 0.4) is 0 Å². The van der Waals surface area contributed by atoms with Crippen LogP contribution in [-0.2, 0) is 11.8 Å². The molecule has 1 aliphatic rings. The highest BCUT2D eigenvalue weighted by atomic mass is 35.5. The summed E-state index contributed by atoms with van der Waals surface area (Å²) in [4.78, 5) is 20.6. The van der Waals surface area contributed by atoms with Gasteiger partial charge in [0.1, 0.15) is 17.3 Å². The van der Waals surface area contributed by atoms with Crippen molar-refractivity contribution in [3.8, 4) is 23.1 Å². The number of halogens is 2. The molecule has 1 aromatic carbocycles. The Balaban J connectivity index is 0.00000228. The average molecular weight is 535 g/mol. The summed E-state index contributed by atoms with van der Waals surface area (Å²) in [7, 11) is 3.47. The molecule has 2 aromatic heterocycles. The number of carbonyl (C=O) groups is 1. The Morgan fingerprint density at radius 2 is 1.89 bits per heavy atom. The van der Waals surface area contributed by atoms with Crippen molar-refractivity contribution in [2.75, 3.05) is 52.9 Å². The number of nitrogens with one attached hydrogen (secondary N) is 1. The predicted molar refractivity (Wildman–Crippen MR) is 143 cm³/mol. The van der Waals surface area contributed by atoms with Gasteiger partial charge in [0.2, 0.25) is 5.91 Å². The minimum Gasteiger partial charge on any atom is -0.493 e. The number of nitriles is 1. The molecule has 1 saturated heterocycles. The van der Waals surface area contributed by atoms with Crippen molar-refractivity contribution in [1.29, 1.82) is 5.26 Å². The van der Waals surface area contributed by atoms with Gasteiger partial charge in [-0.25, -0.2) is 9.67 Å². The average Bonchev–Trinajstić information content (AvgIpc) is 3.23. The molecule has 1 amide bonds. The smallest absolute Gasteiger partial charge is 0.233 e. The maximum atomic E-state index is 11.5. The van der Waals surface area contributed by atoms with Crippen LogP contribution in [-0.4, -0.2) is 88.6 Å². The van der Waals surface area contributed by atoms with Gasteiger partial charge in [0.25, 0.3) is 0 Å². The number of fused-ring (bicyclic) bond motifs is 1. The Labute approximate surface area is 223 Å². The van der Waals surface area contributed by atoms with E-state index in [1.165, 1.54) is 0 Å². The summed E-state index contributed by atoms with van der Waals surface area (Å²) in [5.74, 6) is 0.919. The van der Waals surface area contributed by atoms with Crippen LogP contribution in [0.5, 0.6) is 5.75 Å². The van der Waals surface area contributed by atoms with Crippen LogP contribution >= 0.6 is 24.8 Å². The van der Waals surface area contributed by atoms with Gasteiger partial charge in [0.05, 0.1) is 24.4 Å². The molecule has 1 N–H and O–H groups in total. The summed E-state index contributed by atoms with van der Waals surface area (Å²) in [6.07, 6.45) is 0.938. The van der Waals surface area contributed by atoms with Crippen LogP contribution in [0.4, 0.5) is 0 Å². The number of piperazine rings is 1. The number of nitrogens with zero attached hydrogens (tertiary/aromatic N) is 7. The Kier molecular flexibility index (Phi) is 10.9. The van der Waals surface area contributed by atoms with E-state index in [-0.39, 0.29) is 36.4 Å². The maximum absolute atomic E-state index is 11.5. The van der Waals surface area contributed by atoms with E-state index in [2.05, 4.69) is 36.5 Å². The summed E-state index contributed by atoms with van der Waals surface area (Å²) >= 11 is 0. The van der Waals surface area contributed by atoms with Gasteiger partial charge in [-0.05, 0) is 43.2 Å². The second-order valence-electron chi connectivity index (χ2n) is 8.52. The van der Waals surface area contributed by atoms with Crippen molar-refractivity contribution >= 4 is 41.8 Å². The third-order valence-corrected chi connectivity index (χ3v) is 6.16. The first-order valence-electron chi connectivity index (χ1n) is 11.5. The SMILES string of the molecule is CNC(=O)CN1CCN(CCCOc2ccc(-c3cc4c(nnn4C)c(C#N)n3)cc2C)CC1.Cl.Cl. The zero-order chi connectivity index (χ0) is 24.1. The number of aryl methyl sites for hydroxylation is 2. The molecule has 12 heteroatoms. The van der Waals surface area contributed by atoms with E-state index in [0.29, 0.717) is 24.4 Å². The van der Waals surface area contributed by atoms with E-state index >= 15 is 0 Å². The molecule has 10 nitrogen and oxygen atoms in total. The van der Waals surface area contributed by atoms with Gasteiger partial charge in [0, 0.05) is 52.4 Å². The number of pyridine rings is 1. The lowest BCUT2D eigenvalue weighted by atomic mass is 10.1. The minimum atomic E-state index is 0. The van der Waals surface area contributed by atoms with E-state index in [9.17, 15) is 10.1 Å². The fourth-order valence-corrected chi connectivity index (χ4v) is 4.15. The van der Waals surface area contributed by atoms with Crippen LogP contribution < -0.4 is 10.1 Å². The lowest BCUT2D eigenvalue weighted by molar-refractivity contribution is -0.122. The Bertz CT molecular complexity index is 1220. The Morgan fingerprint density at radius 3 is 2.56 bits per heavy atom. The van der Waals surface area contributed by atoms with Gasteiger partial charge in [0.15, 0.2) is 5.69 Å². The topological polar surface area (TPSA) is 112 Å². The molecule has 4 rings (SSSR count). The quantitative estimate of drug-likeness (QED) is 0.437. The van der Waals surface area contributed by atoms with Gasteiger partial charge in [-0.2, -0.15) is 5.26 Å². The lowest BCUT2D eigenvalue weighted by Crippen LogP contribution is -2.49. The van der Waals surface area contributed by atoms with Crippen molar-refractivity contribution in [2.24, 2.45) is 7.05 Å². The molecule has 0 radical (unpaired) electrons. The van der Waals surface area contributed by atoms with E-state index in [1.807, 2.05) is 31.2 Å². The number of ether oxygens (including phenoxy) is 1. The first-order chi connectivity index (χ1) is 16.5. The van der Waals surface area contributed by atoms with Crippen molar-refractivity contribution in [3.63, 3.8) is 0 Å². The number of amides is 1. The standard InChI is InChI=1S/C24H30N8O2.2ClH/c1-17-13-18(19-14-21-24(20(15-25)27-19)28-29-30(21)3)5-6-22(17)34-12-4-7-31-8-10-32(11-9-31)16-23(33)26-2;;/h5-6,13-14H,4,7-12,16H2,1-3H3,(H,26,33);2*1H. The van der Waals surface area contributed by atoms with Crippen LogP contribution in [0.2, 0.25) is 0 Å². The molecule has 1 aliphatic heterocycles. The third kappa shape index (κ3) is 6.83. The van der Waals surface area contributed by atoms with Crippen LogP contribution in [0.15, 0.2) is 24.3 Å². The zero-order valence-electron chi connectivity index (χ0n) is 20.7.